The van der Waals surface area contributed by atoms with E-state index in [9.17, 15) is 13.2 Å². The Labute approximate surface area is 164 Å². The maximum Gasteiger partial charge on any atom is 0.254 e. The summed E-state index contributed by atoms with van der Waals surface area (Å²) < 4.78 is 32.9. The van der Waals surface area contributed by atoms with Gasteiger partial charge in [0.15, 0.2) is 0 Å². The first-order valence-electron chi connectivity index (χ1n) is 9.00. The van der Waals surface area contributed by atoms with Gasteiger partial charge in [-0.1, -0.05) is 25.0 Å². The predicted octanol–water partition coefficient (Wildman–Crippen LogP) is 3.25. The normalized spacial score (nSPS) is 15.4. The van der Waals surface area contributed by atoms with Crippen LogP contribution >= 0.6 is 11.3 Å². The van der Waals surface area contributed by atoms with Gasteiger partial charge in [-0.2, -0.15) is 0 Å². The standard InChI is InChI=1S/C19H24N2O4S2/c1-25-17-8-6-15(7-9-17)13-20-27(23,24)18-12-16(14-26-18)19(22)21-10-4-2-3-5-11-21/h6-9,12,14,20H,2-5,10-11,13H2,1H3. The zero-order valence-corrected chi connectivity index (χ0v) is 16.9. The Morgan fingerprint density at radius 1 is 1.15 bits per heavy atom. The first kappa shape index (κ1) is 19.9. The van der Waals surface area contributed by atoms with Gasteiger partial charge in [0, 0.05) is 25.0 Å². The van der Waals surface area contributed by atoms with Gasteiger partial charge in [-0.25, -0.2) is 13.1 Å². The van der Waals surface area contributed by atoms with Gasteiger partial charge in [0.1, 0.15) is 9.96 Å². The fourth-order valence-corrected chi connectivity index (χ4v) is 5.23. The Balaban J connectivity index is 1.65. The molecule has 1 amide bonds. The summed E-state index contributed by atoms with van der Waals surface area (Å²) in [6, 6.07) is 8.67. The number of hydrogen-bond acceptors (Lipinski definition) is 5. The molecular weight excluding hydrogens is 384 g/mol. The van der Waals surface area contributed by atoms with Crippen LogP contribution in [0.25, 0.3) is 0 Å². The second-order valence-corrected chi connectivity index (χ2v) is 9.44. The van der Waals surface area contributed by atoms with Crippen molar-refractivity contribution in [3.05, 3.63) is 46.8 Å². The molecule has 8 heteroatoms. The van der Waals surface area contributed by atoms with Gasteiger partial charge in [-0.05, 0) is 36.6 Å². The van der Waals surface area contributed by atoms with Crippen LogP contribution in [0.4, 0.5) is 0 Å². The summed E-state index contributed by atoms with van der Waals surface area (Å²) in [4.78, 5) is 14.5. The van der Waals surface area contributed by atoms with Crippen molar-refractivity contribution in [2.75, 3.05) is 20.2 Å². The lowest BCUT2D eigenvalue weighted by Gasteiger charge is -2.19. The Morgan fingerprint density at radius 2 is 1.81 bits per heavy atom. The summed E-state index contributed by atoms with van der Waals surface area (Å²) in [5.41, 5.74) is 1.28. The molecule has 2 heterocycles. The molecule has 0 bridgehead atoms. The summed E-state index contributed by atoms with van der Waals surface area (Å²) in [7, 11) is -2.08. The maximum absolute atomic E-state index is 12.6. The Morgan fingerprint density at radius 3 is 2.44 bits per heavy atom. The fraction of sp³-hybridized carbons (Fsp3) is 0.421. The summed E-state index contributed by atoms with van der Waals surface area (Å²) in [6.07, 6.45) is 4.29. The highest BCUT2D eigenvalue weighted by molar-refractivity contribution is 7.91. The molecule has 2 aromatic rings. The van der Waals surface area contributed by atoms with Crippen molar-refractivity contribution in [1.29, 1.82) is 0 Å². The minimum absolute atomic E-state index is 0.0789. The summed E-state index contributed by atoms with van der Waals surface area (Å²) >= 11 is 1.08. The molecule has 0 aliphatic carbocycles. The van der Waals surface area contributed by atoms with Crippen molar-refractivity contribution in [2.24, 2.45) is 0 Å². The minimum Gasteiger partial charge on any atom is -0.497 e. The molecule has 3 rings (SSSR count). The van der Waals surface area contributed by atoms with Gasteiger partial charge in [-0.3, -0.25) is 4.79 Å². The van der Waals surface area contributed by atoms with Crippen LogP contribution in [-0.4, -0.2) is 39.4 Å². The Bertz CT molecular complexity index is 867. The Kier molecular flexibility index (Phi) is 6.51. The molecule has 1 saturated heterocycles. The van der Waals surface area contributed by atoms with Gasteiger partial charge >= 0.3 is 0 Å². The monoisotopic (exact) mass is 408 g/mol. The summed E-state index contributed by atoms with van der Waals surface area (Å²) in [5, 5.41) is 1.63. The number of benzene rings is 1. The molecule has 1 aromatic carbocycles. The van der Waals surface area contributed by atoms with Gasteiger partial charge in [0.05, 0.1) is 12.7 Å². The van der Waals surface area contributed by atoms with Crippen molar-refractivity contribution in [3.8, 4) is 5.75 Å². The molecule has 6 nitrogen and oxygen atoms in total. The largest absolute Gasteiger partial charge is 0.497 e. The smallest absolute Gasteiger partial charge is 0.254 e. The number of nitrogens with zero attached hydrogens (tertiary/aromatic N) is 1. The number of amides is 1. The molecule has 1 aromatic heterocycles. The fourth-order valence-electron chi connectivity index (χ4n) is 3.02. The quantitative estimate of drug-likeness (QED) is 0.796. The highest BCUT2D eigenvalue weighted by Crippen LogP contribution is 2.23. The zero-order valence-electron chi connectivity index (χ0n) is 15.3. The molecule has 0 saturated carbocycles. The molecule has 0 radical (unpaired) electrons. The van der Waals surface area contributed by atoms with Crippen molar-refractivity contribution in [2.45, 2.75) is 36.4 Å². The molecule has 1 aliphatic heterocycles. The van der Waals surface area contributed by atoms with Crippen LogP contribution < -0.4 is 9.46 Å². The lowest BCUT2D eigenvalue weighted by atomic mass is 10.2. The number of carbonyl (C=O) groups is 1. The molecule has 0 atom stereocenters. The van der Waals surface area contributed by atoms with Crippen LogP contribution in [-0.2, 0) is 16.6 Å². The van der Waals surface area contributed by atoms with Crippen LogP contribution in [0.2, 0.25) is 0 Å². The lowest BCUT2D eigenvalue weighted by Crippen LogP contribution is -2.31. The number of methoxy groups -OCH3 is 1. The molecule has 0 spiro atoms. The third kappa shape index (κ3) is 5.09. The van der Waals surface area contributed by atoms with E-state index in [2.05, 4.69) is 4.72 Å². The molecule has 1 N–H and O–H groups in total. The molecule has 1 aliphatic rings. The number of nitrogens with one attached hydrogen (secondary N) is 1. The highest BCUT2D eigenvalue weighted by atomic mass is 32.2. The van der Waals surface area contributed by atoms with Gasteiger partial charge < -0.3 is 9.64 Å². The van der Waals surface area contributed by atoms with Crippen LogP contribution in [0.3, 0.4) is 0 Å². The topological polar surface area (TPSA) is 75.7 Å². The van der Waals surface area contributed by atoms with Crippen LogP contribution in [0.15, 0.2) is 39.9 Å². The van der Waals surface area contributed by atoms with E-state index in [0.717, 1.165) is 61.4 Å². The third-order valence-corrected chi connectivity index (χ3v) is 7.45. The van der Waals surface area contributed by atoms with Crippen LogP contribution in [0.5, 0.6) is 5.75 Å². The molecule has 27 heavy (non-hydrogen) atoms. The molecule has 0 unspecified atom stereocenters. The van der Waals surface area contributed by atoms with E-state index in [-0.39, 0.29) is 16.7 Å². The first-order valence-corrected chi connectivity index (χ1v) is 11.4. The Hall–Kier alpha value is -1.90. The van der Waals surface area contributed by atoms with E-state index < -0.39 is 10.0 Å². The van der Waals surface area contributed by atoms with Crippen LogP contribution in [0, 0.1) is 0 Å². The minimum atomic E-state index is -3.66. The van der Waals surface area contributed by atoms with Crippen molar-refractivity contribution in [1.82, 2.24) is 9.62 Å². The maximum atomic E-state index is 12.6. The predicted molar refractivity (Wildman–Crippen MR) is 106 cm³/mol. The third-order valence-electron chi connectivity index (χ3n) is 4.61. The van der Waals surface area contributed by atoms with Gasteiger partial charge in [-0.15, -0.1) is 11.3 Å². The van der Waals surface area contributed by atoms with E-state index in [1.54, 1.807) is 24.6 Å². The number of thiophene rings is 1. The molecular formula is C19H24N2O4S2. The van der Waals surface area contributed by atoms with E-state index >= 15 is 0 Å². The van der Waals surface area contributed by atoms with Gasteiger partial charge in [0.2, 0.25) is 10.0 Å². The average molecular weight is 409 g/mol. The van der Waals surface area contributed by atoms with E-state index in [4.69, 9.17) is 4.74 Å². The van der Waals surface area contributed by atoms with Crippen LogP contribution in [0.1, 0.15) is 41.6 Å². The van der Waals surface area contributed by atoms with Gasteiger partial charge in [0.25, 0.3) is 5.91 Å². The number of ether oxygens (including phenoxy) is 1. The SMILES string of the molecule is COc1ccc(CNS(=O)(=O)c2cc(C(=O)N3CCCCCC3)cs2)cc1. The average Bonchev–Trinajstić information content (AvgIpc) is 3.03. The zero-order chi connectivity index (χ0) is 19.3. The second kappa shape index (κ2) is 8.86. The van der Waals surface area contributed by atoms with E-state index in [1.807, 2.05) is 17.0 Å². The number of sulfonamides is 1. The van der Waals surface area contributed by atoms with Crippen molar-refractivity contribution >= 4 is 27.3 Å². The van der Waals surface area contributed by atoms with E-state index in [0.29, 0.717) is 5.56 Å². The highest BCUT2D eigenvalue weighted by Gasteiger charge is 2.22. The first-order chi connectivity index (χ1) is 13.0. The van der Waals surface area contributed by atoms with Crippen molar-refractivity contribution in [3.63, 3.8) is 0 Å². The van der Waals surface area contributed by atoms with Crippen molar-refractivity contribution < 1.29 is 17.9 Å². The summed E-state index contributed by atoms with van der Waals surface area (Å²) in [5.74, 6) is 0.640. The molecule has 146 valence electrons. The number of hydrogen-bond donors (Lipinski definition) is 1. The number of likely N-dealkylation sites (tertiary alicyclic amines) is 1. The lowest BCUT2D eigenvalue weighted by molar-refractivity contribution is 0.0762. The second-order valence-electron chi connectivity index (χ2n) is 6.53. The molecule has 1 fully saturated rings. The van der Waals surface area contributed by atoms with E-state index in [1.165, 1.54) is 6.07 Å². The summed E-state index contributed by atoms with van der Waals surface area (Å²) in [6.45, 7) is 1.67. The number of rotatable bonds is 6. The number of carbonyl (C=O) groups excluding carboxylic acids is 1.